The maximum atomic E-state index is 6.25. The molecule has 160 valence electrons. The number of fused-ring (bicyclic) bond motifs is 5. The lowest BCUT2D eigenvalue weighted by Crippen LogP contribution is -2.32. The minimum absolute atomic E-state index is 0.575. The van der Waals surface area contributed by atoms with Crippen molar-refractivity contribution in [1.29, 1.82) is 0 Å². The molecular formula is C26H24N4O2. The Balaban J connectivity index is 1.23. The van der Waals surface area contributed by atoms with Gasteiger partial charge in [0.25, 0.3) is 0 Å². The molecule has 0 saturated heterocycles. The van der Waals surface area contributed by atoms with Crippen molar-refractivity contribution < 1.29 is 9.47 Å². The van der Waals surface area contributed by atoms with Crippen LogP contribution in [0.4, 0.5) is 0 Å². The van der Waals surface area contributed by atoms with Crippen LogP contribution in [0.25, 0.3) is 10.8 Å². The number of nitrogens with zero attached hydrogens (tertiary/aromatic N) is 4. The molecule has 0 atom stereocenters. The summed E-state index contributed by atoms with van der Waals surface area (Å²) < 4.78 is 12.5. The molecule has 2 aliphatic heterocycles. The number of rotatable bonds is 4. The third-order valence-corrected chi connectivity index (χ3v) is 6.15. The first-order chi connectivity index (χ1) is 15.8. The quantitative estimate of drug-likeness (QED) is 0.486. The molecule has 0 saturated carbocycles. The lowest BCUT2D eigenvalue weighted by molar-refractivity contribution is 0.0886. The highest BCUT2D eigenvalue weighted by Gasteiger charge is 2.24. The molecule has 6 heteroatoms. The Kier molecular flexibility index (Phi) is 4.94. The van der Waals surface area contributed by atoms with Gasteiger partial charge in [-0.1, -0.05) is 24.3 Å². The standard InChI is InChI=1S/C26H24N4O2/c1-3-23-24(25-21(1)15-29(17-31-25)13-19-5-9-27-10-6-19)4-2-22-16-30(18-32-26(22)23)14-20-7-11-28-12-8-20/h1-12H,13-18H2. The maximum Gasteiger partial charge on any atom is 0.142 e. The minimum atomic E-state index is 0.575. The van der Waals surface area contributed by atoms with Crippen LogP contribution in [-0.2, 0) is 26.2 Å². The van der Waals surface area contributed by atoms with E-state index in [2.05, 4.69) is 68.3 Å². The SMILES string of the molecule is c1cc(CN2COc3c(ccc4c5c(ccc34)CN(Cc3ccncc3)CO5)C2)ccn1. The Hall–Kier alpha value is -3.48. The van der Waals surface area contributed by atoms with E-state index in [1.54, 1.807) is 0 Å². The van der Waals surface area contributed by atoms with Gasteiger partial charge in [-0.3, -0.25) is 19.8 Å². The predicted octanol–water partition coefficient (Wildman–Crippen LogP) is 4.33. The van der Waals surface area contributed by atoms with Crippen LogP contribution in [-0.4, -0.2) is 33.2 Å². The van der Waals surface area contributed by atoms with Crippen molar-refractivity contribution in [3.63, 3.8) is 0 Å². The number of ether oxygens (including phenoxy) is 2. The molecule has 0 amide bonds. The molecule has 0 spiro atoms. The van der Waals surface area contributed by atoms with Crippen LogP contribution in [0.1, 0.15) is 22.3 Å². The molecule has 4 heterocycles. The summed E-state index contributed by atoms with van der Waals surface area (Å²) in [5.74, 6) is 1.97. The predicted molar refractivity (Wildman–Crippen MR) is 122 cm³/mol. The summed E-state index contributed by atoms with van der Waals surface area (Å²) in [5.41, 5.74) is 4.92. The van der Waals surface area contributed by atoms with Gasteiger partial charge in [0.15, 0.2) is 0 Å². The van der Waals surface area contributed by atoms with Gasteiger partial charge in [-0.25, -0.2) is 0 Å². The zero-order valence-electron chi connectivity index (χ0n) is 17.8. The van der Waals surface area contributed by atoms with Gasteiger partial charge in [0, 0.05) is 72.9 Å². The number of hydrogen-bond donors (Lipinski definition) is 0. The van der Waals surface area contributed by atoms with Crippen molar-refractivity contribution >= 4 is 10.8 Å². The van der Waals surface area contributed by atoms with Gasteiger partial charge in [0.05, 0.1) is 0 Å². The fourth-order valence-corrected chi connectivity index (χ4v) is 4.61. The zero-order valence-corrected chi connectivity index (χ0v) is 17.8. The van der Waals surface area contributed by atoms with E-state index < -0.39 is 0 Å². The van der Waals surface area contributed by atoms with Crippen molar-refractivity contribution in [2.75, 3.05) is 13.5 Å². The first-order valence-corrected chi connectivity index (χ1v) is 10.9. The summed E-state index contributed by atoms with van der Waals surface area (Å²) in [6.45, 7) is 4.58. The summed E-state index contributed by atoms with van der Waals surface area (Å²) in [4.78, 5) is 12.8. The Bertz CT molecular complexity index is 1150. The van der Waals surface area contributed by atoms with E-state index in [-0.39, 0.29) is 0 Å². The van der Waals surface area contributed by atoms with E-state index in [0.29, 0.717) is 13.5 Å². The molecule has 0 N–H and O–H groups in total. The maximum absolute atomic E-state index is 6.25. The Morgan fingerprint density at radius 2 is 1.03 bits per heavy atom. The van der Waals surface area contributed by atoms with Crippen molar-refractivity contribution in [2.24, 2.45) is 0 Å². The molecule has 4 aromatic rings. The molecule has 0 bridgehead atoms. The normalized spacial score (nSPS) is 16.1. The second kappa shape index (κ2) is 8.22. The van der Waals surface area contributed by atoms with Crippen LogP contribution in [0.3, 0.4) is 0 Å². The molecule has 2 aromatic carbocycles. The Morgan fingerprint density at radius 3 is 1.47 bits per heavy atom. The largest absolute Gasteiger partial charge is 0.477 e. The van der Waals surface area contributed by atoms with Crippen LogP contribution >= 0.6 is 0 Å². The molecule has 32 heavy (non-hydrogen) atoms. The van der Waals surface area contributed by atoms with Crippen LogP contribution in [0.15, 0.2) is 73.3 Å². The average Bonchev–Trinajstić information content (AvgIpc) is 2.84. The average molecular weight is 425 g/mol. The summed E-state index contributed by atoms with van der Waals surface area (Å²) >= 11 is 0. The third kappa shape index (κ3) is 3.68. The Morgan fingerprint density at radius 1 is 0.594 bits per heavy atom. The first kappa shape index (κ1) is 19.2. The molecule has 0 radical (unpaired) electrons. The summed E-state index contributed by atoms with van der Waals surface area (Å²) in [6.07, 6.45) is 7.34. The molecule has 6 rings (SSSR count). The van der Waals surface area contributed by atoms with Crippen LogP contribution in [0.5, 0.6) is 11.5 Å². The summed E-state index contributed by atoms with van der Waals surface area (Å²) in [5, 5.41) is 2.26. The van der Waals surface area contributed by atoms with Gasteiger partial charge >= 0.3 is 0 Å². The van der Waals surface area contributed by atoms with Crippen molar-refractivity contribution in [3.05, 3.63) is 95.6 Å². The highest BCUT2D eigenvalue weighted by molar-refractivity contribution is 5.95. The van der Waals surface area contributed by atoms with E-state index in [1.807, 2.05) is 24.8 Å². The van der Waals surface area contributed by atoms with E-state index in [1.165, 1.54) is 22.3 Å². The minimum Gasteiger partial charge on any atom is -0.477 e. The first-order valence-electron chi connectivity index (χ1n) is 10.9. The smallest absolute Gasteiger partial charge is 0.142 e. The van der Waals surface area contributed by atoms with Crippen molar-refractivity contribution in [2.45, 2.75) is 26.2 Å². The van der Waals surface area contributed by atoms with E-state index in [9.17, 15) is 0 Å². The van der Waals surface area contributed by atoms with Crippen molar-refractivity contribution in [3.8, 4) is 11.5 Å². The molecule has 0 unspecified atom stereocenters. The molecule has 0 aliphatic carbocycles. The van der Waals surface area contributed by atoms with Gasteiger partial charge in [-0.2, -0.15) is 0 Å². The monoisotopic (exact) mass is 424 g/mol. The van der Waals surface area contributed by atoms with Gasteiger partial charge in [0.2, 0.25) is 0 Å². The molecule has 2 aliphatic rings. The van der Waals surface area contributed by atoms with Gasteiger partial charge < -0.3 is 9.47 Å². The highest BCUT2D eigenvalue weighted by Crippen LogP contribution is 2.41. The second-order valence-electron chi connectivity index (χ2n) is 8.43. The lowest BCUT2D eigenvalue weighted by Gasteiger charge is -2.32. The number of pyridine rings is 2. The lowest BCUT2D eigenvalue weighted by atomic mass is 9.99. The van der Waals surface area contributed by atoms with Crippen molar-refractivity contribution in [1.82, 2.24) is 19.8 Å². The molecular weight excluding hydrogens is 400 g/mol. The fraction of sp³-hybridized carbons (Fsp3) is 0.231. The van der Waals surface area contributed by atoms with Gasteiger partial charge in [0.1, 0.15) is 25.0 Å². The molecule has 2 aromatic heterocycles. The van der Waals surface area contributed by atoms with Crippen LogP contribution in [0, 0.1) is 0 Å². The van der Waals surface area contributed by atoms with Crippen LogP contribution in [0.2, 0.25) is 0 Å². The summed E-state index contributed by atoms with van der Waals surface area (Å²) in [6, 6.07) is 17.0. The second-order valence-corrected chi connectivity index (χ2v) is 8.43. The molecule has 6 nitrogen and oxygen atoms in total. The van der Waals surface area contributed by atoms with E-state index >= 15 is 0 Å². The zero-order chi connectivity index (χ0) is 21.3. The Labute approximate surface area is 187 Å². The summed E-state index contributed by atoms with van der Waals surface area (Å²) in [7, 11) is 0. The van der Waals surface area contributed by atoms with E-state index in [4.69, 9.17) is 9.47 Å². The fourth-order valence-electron chi connectivity index (χ4n) is 4.61. The number of aromatic nitrogens is 2. The van der Waals surface area contributed by atoms with E-state index in [0.717, 1.165) is 48.5 Å². The van der Waals surface area contributed by atoms with Gasteiger partial charge in [-0.15, -0.1) is 0 Å². The topological polar surface area (TPSA) is 50.7 Å². The van der Waals surface area contributed by atoms with Crippen LogP contribution < -0.4 is 9.47 Å². The van der Waals surface area contributed by atoms with Gasteiger partial charge in [-0.05, 0) is 35.4 Å². The number of hydrogen-bond acceptors (Lipinski definition) is 6. The highest BCUT2D eigenvalue weighted by atomic mass is 16.5. The molecule has 0 fully saturated rings. The number of benzene rings is 2. The third-order valence-electron chi connectivity index (χ3n) is 6.15.